The van der Waals surface area contributed by atoms with E-state index in [4.69, 9.17) is 0 Å². The highest BCUT2D eigenvalue weighted by atomic mass is 16.2. The van der Waals surface area contributed by atoms with Crippen molar-refractivity contribution in [1.29, 1.82) is 0 Å². The zero-order valence-electron chi connectivity index (χ0n) is 10.6. The number of nitrogens with one attached hydrogen (secondary N) is 1. The maximum Gasteiger partial charge on any atom is 0.321 e. The fraction of sp³-hybridized carbons (Fsp3) is 0.500. The molecule has 0 aromatic heterocycles. The minimum absolute atomic E-state index is 0.0846. The quantitative estimate of drug-likeness (QED) is 0.832. The van der Waals surface area contributed by atoms with Crippen LogP contribution in [0.5, 0.6) is 0 Å². The number of hydrogen-bond donors (Lipinski definition) is 1. The van der Waals surface area contributed by atoms with E-state index >= 15 is 0 Å². The summed E-state index contributed by atoms with van der Waals surface area (Å²) in [6, 6.07) is 8.19. The summed E-state index contributed by atoms with van der Waals surface area (Å²) in [7, 11) is 3.48. The molecule has 17 heavy (non-hydrogen) atoms. The molecule has 2 rings (SSSR count). The molecule has 1 aliphatic carbocycles. The number of rotatable bonds is 2. The van der Waals surface area contributed by atoms with Crippen molar-refractivity contribution in [3.63, 3.8) is 0 Å². The Hall–Kier alpha value is -1.51. The maximum atomic E-state index is 11.5. The molecular formula is C14H20N2O. The number of urea groups is 1. The van der Waals surface area contributed by atoms with Crippen molar-refractivity contribution in [3.05, 3.63) is 29.8 Å². The van der Waals surface area contributed by atoms with Crippen LogP contribution >= 0.6 is 0 Å². The summed E-state index contributed by atoms with van der Waals surface area (Å²) in [6.07, 6.45) is 5.32. The molecule has 0 aliphatic heterocycles. The molecule has 0 atom stereocenters. The third kappa shape index (κ3) is 2.99. The van der Waals surface area contributed by atoms with Crippen LogP contribution in [0.15, 0.2) is 24.3 Å². The highest BCUT2D eigenvalue weighted by molar-refractivity contribution is 5.88. The summed E-state index contributed by atoms with van der Waals surface area (Å²) in [6.45, 7) is 0. The lowest BCUT2D eigenvalue weighted by atomic mass is 9.98. The van der Waals surface area contributed by atoms with Gasteiger partial charge in [0.2, 0.25) is 0 Å². The van der Waals surface area contributed by atoms with Crippen LogP contribution in [0.4, 0.5) is 10.5 Å². The third-order valence-electron chi connectivity index (χ3n) is 3.39. The van der Waals surface area contributed by atoms with Gasteiger partial charge in [-0.3, -0.25) is 0 Å². The number of benzene rings is 1. The summed E-state index contributed by atoms with van der Waals surface area (Å²) in [5.41, 5.74) is 2.27. The number of hydrogen-bond acceptors (Lipinski definition) is 1. The van der Waals surface area contributed by atoms with Gasteiger partial charge in [0.05, 0.1) is 0 Å². The Morgan fingerprint density at radius 3 is 2.29 bits per heavy atom. The third-order valence-corrected chi connectivity index (χ3v) is 3.39. The average Bonchev–Trinajstić information content (AvgIpc) is 2.83. The van der Waals surface area contributed by atoms with E-state index in [1.165, 1.54) is 36.1 Å². The normalized spacial score (nSPS) is 15.9. The molecule has 1 saturated carbocycles. The molecule has 0 spiro atoms. The zero-order valence-corrected chi connectivity index (χ0v) is 10.6. The van der Waals surface area contributed by atoms with Crippen LogP contribution < -0.4 is 5.32 Å². The Labute approximate surface area is 103 Å². The average molecular weight is 232 g/mol. The van der Waals surface area contributed by atoms with E-state index in [-0.39, 0.29) is 6.03 Å². The van der Waals surface area contributed by atoms with Gasteiger partial charge in [-0.1, -0.05) is 25.0 Å². The van der Waals surface area contributed by atoms with Crippen molar-refractivity contribution >= 4 is 11.7 Å². The summed E-state index contributed by atoms with van der Waals surface area (Å²) >= 11 is 0. The van der Waals surface area contributed by atoms with Gasteiger partial charge in [0.25, 0.3) is 0 Å². The summed E-state index contributed by atoms with van der Waals surface area (Å²) in [5.74, 6) is 0.730. The molecule has 0 bridgehead atoms. The van der Waals surface area contributed by atoms with Crippen LogP contribution in [0.2, 0.25) is 0 Å². The minimum Gasteiger partial charge on any atom is -0.331 e. The molecule has 1 aromatic rings. The van der Waals surface area contributed by atoms with Crippen molar-refractivity contribution in [2.24, 2.45) is 0 Å². The summed E-state index contributed by atoms with van der Waals surface area (Å²) in [5, 5.41) is 2.85. The van der Waals surface area contributed by atoms with Crippen molar-refractivity contribution in [3.8, 4) is 0 Å². The van der Waals surface area contributed by atoms with Gasteiger partial charge in [0, 0.05) is 19.8 Å². The fourth-order valence-corrected chi connectivity index (χ4v) is 2.33. The molecule has 1 fully saturated rings. The summed E-state index contributed by atoms with van der Waals surface area (Å²) in [4.78, 5) is 13.0. The van der Waals surface area contributed by atoms with Gasteiger partial charge in [0.1, 0.15) is 0 Å². The lowest BCUT2D eigenvalue weighted by molar-refractivity contribution is 0.230. The fourth-order valence-electron chi connectivity index (χ4n) is 2.33. The molecule has 1 aromatic carbocycles. The van der Waals surface area contributed by atoms with E-state index in [0.29, 0.717) is 0 Å². The van der Waals surface area contributed by atoms with Crippen LogP contribution in [0.25, 0.3) is 0 Å². The standard InChI is InChI=1S/C14H20N2O/c1-16(2)14(17)15-13-9-7-12(8-10-13)11-5-3-4-6-11/h7-11H,3-6H2,1-2H3,(H,15,17). The van der Waals surface area contributed by atoms with Gasteiger partial charge in [-0.2, -0.15) is 0 Å². The Kier molecular flexibility index (Phi) is 3.67. The van der Waals surface area contributed by atoms with Crippen LogP contribution in [-0.2, 0) is 0 Å². The van der Waals surface area contributed by atoms with Gasteiger partial charge < -0.3 is 10.2 Å². The number of carbonyl (C=O) groups excluding carboxylic acids is 1. The first-order valence-corrected chi connectivity index (χ1v) is 6.25. The van der Waals surface area contributed by atoms with E-state index in [9.17, 15) is 4.79 Å². The molecule has 0 heterocycles. The first-order chi connectivity index (χ1) is 8.16. The SMILES string of the molecule is CN(C)C(=O)Nc1ccc(C2CCCC2)cc1. The summed E-state index contributed by atoms with van der Waals surface area (Å²) < 4.78 is 0. The molecule has 1 aliphatic rings. The molecule has 3 nitrogen and oxygen atoms in total. The number of carbonyl (C=O) groups is 1. The van der Waals surface area contributed by atoms with E-state index < -0.39 is 0 Å². The predicted molar refractivity (Wildman–Crippen MR) is 70.4 cm³/mol. The van der Waals surface area contributed by atoms with E-state index in [2.05, 4.69) is 17.4 Å². The monoisotopic (exact) mass is 232 g/mol. The van der Waals surface area contributed by atoms with Gasteiger partial charge in [-0.15, -0.1) is 0 Å². The van der Waals surface area contributed by atoms with Crippen LogP contribution in [0, 0.1) is 0 Å². The Morgan fingerprint density at radius 2 is 1.76 bits per heavy atom. The van der Waals surface area contributed by atoms with Gasteiger partial charge >= 0.3 is 6.03 Å². The first-order valence-electron chi connectivity index (χ1n) is 6.25. The van der Waals surface area contributed by atoms with Gasteiger partial charge in [0.15, 0.2) is 0 Å². The molecular weight excluding hydrogens is 212 g/mol. The van der Waals surface area contributed by atoms with Gasteiger partial charge in [-0.25, -0.2) is 4.79 Å². The molecule has 92 valence electrons. The van der Waals surface area contributed by atoms with E-state index in [1.54, 1.807) is 14.1 Å². The largest absolute Gasteiger partial charge is 0.331 e. The molecule has 3 heteroatoms. The van der Waals surface area contributed by atoms with Crippen LogP contribution in [0.1, 0.15) is 37.2 Å². The van der Waals surface area contributed by atoms with Crippen LogP contribution in [0.3, 0.4) is 0 Å². The topological polar surface area (TPSA) is 32.3 Å². The number of nitrogens with zero attached hydrogens (tertiary/aromatic N) is 1. The molecule has 2 amide bonds. The lowest BCUT2D eigenvalue weighted by Gasteiger charge is -2.13. The first kappa shape index (κ1) is 12.0. The molecule has 0 unspecified atom stereocenters. The smallest absolute Gasteiger partial charge is 0.321 e. The number of amides is 2. The minimum atomic E-state index is -0.0846. The van der Waals surface area contributed by atoms with Crippen molar-refractivity contribution in [1.82, 2.24) is 4.90 Å². The van der Waals surface area contributed by atoms with Crippen LogP contribution in [-0.4, -0.2) is 25.0 Å². The predicted octanol–water partition coefficient (Wildman–Crippen LogP) is 3.44. The second-order valence-corrected chi connectivity index (χ2v) is 4.93. The Balaban J connectivity index is 2.00. The Morgan fingerprint density at radius 1 is 1.18 bits per heavy atom. The van der Waals surface area contributed by atoms with E-state index in [1.807, 2.05) is 12.1 Å². The van der Waals surface area contributed by atoms with Crippen molar-refractivity contribution in [2.45, 2.75) is 31.6 Å². The van der Waals surface area contributed by atoms with Gasteiger partial charge in [-0.05, 0) is 36.5 Å². The number of anilines is 1. The Bertz CT molecular complexity index is 378. The molecule has 0 radical (unpaired) electrons. The second-order valence-electron chi connectivity index (χ2n) is 4.93. The molecule has 0 saturated heterocycles. The van der Waals surface area contributed by atoms with E-state index in [0.717, 1.165) is 11.6 Å². The van der Waals surface area contributed by atoms with Crippen molar-refractivity contribution in [2.75, 3.05) is 19.4 Å². The lowest BCUT2D eigenvalue weighted by Crippen LogP contribution is -2.27. The molecule has 1 N–H and O–H groups in total. The highest BCUT2D eigenvalue weighted by Crippen LogP contribution is 2.34. The highest BCUT2D eigenvalue weighted by Gasteiger charge is 2.16. The zero-order chi connectivity index (χ0) is 12.3. The maximum absolute atomic E-state index is 11.5. The van der Waals surface area contributed by atoms with Crippen molar-refractivity contribution < 1.29 is 4.79 Å². The second kappa shape index (κ2) is 5.21.